The van der Waals surface area contributed by atoms with Crippen molar-refractivity contribution in [1.82, 2.24) is 0 Å². The van der Waals surface area contributed by atoms with Crippen molar-refractivity contribution < 1.29 is 9.72 Å². The van der Waals surface area contributed by atoms with Crippen LogP contribution in [-0.2, 0) is 0 Å². The lowest BCUT2D eigenvalue weighted by atomic mass is 10.1. The minimum absolute atomic E-state index is 0.0416. The van der Waals surface area contributed by atoms with Gasteiger partial charge in [0, 0.05) is 12.1 Å². The summed E-state index contributed by atoms with van der Waals surface area (Å²) >= 11 is 10.9. The Morgan fingerprint density at radius 2 is 2.07 bits per heavy atom. The molecule has 74 valence electrons. The Hall–Kier alpha value is -1.13. The van der Waals surface area contributed by atoms with Gasteiger partial charge in [0.1, 0.15) is 0 Å². The van der Waals surface area contributed by atoms with Gasteiger partial charge in [-0.3, -0.25) is 14.9 Å². The minimum atomic E-state index is -0.804. The number of non-ortho nitro benzene ring substituents is 1. The van der Waals surface area contributed by atoms with Crippen LogP contribution in [0.4, 0.5) is 5.69 Å². The monoisotopic (exact) mass is 233 g/mol. The maximum absolute atomic E-state index is 10.9. The number of aryl methyl sites for hydroxylation is 1. The molecule has 0 bridgehead atoms. The molecule has 1 aromatic rings. The molecule has 14 heavy (non-hydrogen) atoms. The number of halogens is 2. The molecule has 1 rings (SSSR count). The number of hydrogen-bond donors (Lipinski definition) is 0. The molecule has 1 aromatic carbocycles. The zero-order chi connectivity index (χ0) is 10.9. The van der Waals surface area contributed by atoms with Gasteiger partial charge in [0.05, 0.1) is 15.5 Å². The van der Waals surface area contributed by atoms with Gasteiger partial charge in [0.25, 0.3) is 10.9 Å². The highest BCUT2D eigenvalue weighted by Gasteiger charge is 2.16. The van der Waals surface area contributed by atoms with Crippen molar-refractivity contribution in [2.24, 2.45) is 0 Å². The third-order valence-electron chi connectivity index (χ3n) is 1.66. The van der Waals surface area contributed by atoms with Crippen molar-refractivity contribution in [1.29, 1.82) is 0 Å². The number of carbonyl (C=O) groups excluding carboxylic acids is 1. The van der Waals surface area contributed by atoms with Crippen molar-refractivity contribution in [2.75, 3.05) is 0 Å². The fourth-order valence-electron chi connectivity index (χ4n) is 0.999. The highest BCUT2D eigenvalue weighted by Crippen LogP contribution is 2.27. The van der Waals surface area contributed by atoms with E-state index in [0.29, 0.717) is 5.56 Å². The molecule has 0 aromatic heterocycles. The minimum Gasteiger partial charge on any atom is -0.276 e. The van der Waals surface area contributed by atoms with Crippen LogP contribution < -0.4 is 0 Å². The Morgan fingerprint density at radius 3 is 2.50 bits per heavy atom. The van der Waals surface area contributed by atoms with Crippen LogP contribution in [0.5, 0.6) is 0 Å². The van der Waals surface area contributed by atoms with Gasteiger partial charge in [-0.15, -0.1) is 0 Å². The molecule has 0 heterocycles. The average molecular weight is 234 g/mol. The Bertz CT molecular complexity index is 417. The lowest BCUT2D eigenvalue weighted by Gasteiger charge is -2.02. The third kappa shape index (κ3) is 2.02. The van der Waals surface area contributed by atoms with Crippen LogP contribution in [0.1, 0.15) is 15.9 Å². The summed E-state index contributed by atoms with van der Waals surface area (Å²) in [5, 5.41) is 9.79. The largest absolute Gasteiger partial charge is 0.276 e. The van der Waals surface area contributed by atoms with Crippen molar-refractivity contribution in [3.8, 4) is 0 Å². The molecule has 0 spiro atoms. The third-order valence-corrected chi connectivity index (χ3v) is 2.37. The van der Waals surface area contributed by atoms with Gasteiger partial charge in [0.15, 0.2) is 0 Å². The first-order chi connectivity index (χ1) is 6.43. The first-order valence-corrected chi connectivity index (χ1v) is 4.33. The number of carbonyl (C=O) groups is 1. The van der Waals surface area contributed by atoms with Gasteiger partial charge in [-0.05, 0) is 24.1 Å². The fourth-order valence-corrected chi connectivity index (χ4v) is 1.39. The summed E-state index contributed by atoms with van der Waals surface area (Å²) in [6.07, 6.45) is 0. The van der Waals surface area contributed by atoms with Gasteiger partial charge in [0.2, 0.25) is 0 Å². The Balaban J connectivity index is 3.43. The SMILES string of the molecule is Cc1cc([N+](=O)[O-])cc(C(=O)Cl)c1Cl. The standard InChI is InChI=1S/C8H5Cl2NO3/c1-4-2-5(11(13)14)3-6(7(4)9)8(10)12/h2-3H,1H3. The molecule has 0 aliphatic carbocycles. The van der Waals surface area contributed by atoms with Crippen LogP contribution in [-0.4, -0.2) is 10.2 Å². The molecule has 6 heteroatoms. The van der Waals surface area contributed by atoms with Crippen molar-refractivity contribution >= 4 is 34.1 Å². The van der Waals surface area contributed by atoms with Crippen molar-refractivity contribution in [2.45, 2.75) is 6.92 Å². The molecular weight excluding hydrogens is 229 g/mol. The van der Waals surface area contributed by atoms with Crippen LogP contribution in [0.25, 0.3) is 0 Å². The number of nitrogens with zero attached hydrogens (tertiary/aromatic N) is 1. The normalized spacial score (nSPS) is 9.93. The predicted octanol–water partition coefficient (Wildman–Crippen LogP) is 2.94. The van der Waals surface area contributed by atoms with Gasteiger partial charge < -0.3 is 0 Å². The lowest BCUT2D eigenvalue weighted by Crippen LogP contribution is -1.96. The van der Waals surface area contributed by atoms with Crippen LogP contribution >= 0.6 is 23.2 Å². The summed E-state index contributed by atoms with van der Waals surface area (Å²) in [7, 11) is 0. The van der Waals surface area contributed by atoms with Crippen molar-refractivity contribution in [3.63, 3.8) is 0 Å². The zero-order valence-corrected chi connectivity index (χ0v) is 8.59. The first-order valence-electron chi connectivity index (χ1n) is 3.58. The van der Waals surface area contributed by atoms with E-state index < -0.39 is 10.2 Å². The highest BCUT2D eigenvalue weighted by molar-refractivity contribution is 6.68. The summed E-state index contributed by atoms with van der Waals surface area (Å²) in [4.78, 5) is 20.7. The maximum atomic E-state index is 10.9. The van der Waals surface area contributed by atoms with E-state index >= 15 is 0 Å². The number of nitro groups is 1. The van der Waals surface area contributed by atoms with E-state index in [4.69, 9.17) is 23.2 Å². The van der Waals surface area contributed by atoms with E-state index in [9.17, 15) is 14.9 Å². The number of rotatable bonds is 2. The Morgan fingerprint density at radius 1 is 1.50 bits per heavy atom. The van der Waals surface area contributed by atoms with Gasteiger partial charge in [-0.1, -0.05) is 11.6 Å². The summed E-state index contributed by atoms with van der Waals surface area (Å²) < 4.78 is 0. The number of benzene rings is 1. The topological polar surface area (TPSA) is 60.2 Å². The van der Waals surface area contributed by atoms with Crippen LogP contribution in [0.3, 0.4) is 0 Å². The molecule has 0 aliphatic rings. The van der Waals surface area contributed by atoms with E-state index in [1.165, 1.54) is 6.07 Å². The lowest BCUT2D eigenvalue weighted by molar-refractivity contribution is -0.384. The van der Waals surface area contributed by atoms with Gasteiger partial charge >= 0.3 is 0 Å². The fraction of sp³-hybridized carbons (Fsp3) is 0.125. The molecule has 4 nitrogen and oxygen atoms in total. The summed E-state index contributed by atoms with van der Waals surface area (Å²) in [5.41, 5.74) is 0.209. The van der Waals surface area contributed by atoms with Crippen molar-refractivity contribution in [3.05, 3.63) is 38.4 Å². The quantitative estimate of drug-likeness (QED) is 0.449. The number of hydrogen-bond acceptors (Lipinski definition) is 3. The van der Waals surface area contributed by atoms with E-state index in [0.717, 1.165) is 6.07 Å². The maximum Gasteiger partial charge on any atom is 0.270 e. The van der Waals surface area contributed by atoms with Crippen LogP contribution in [0.15, 0.2) is 12.1 Å². The van der Waals surface area contributed by atoms with Crippen LogP contribution in [0, 0.1) is 17.0 Å². The number of nitro benzene ring substituents is 1. The Kier molecular flexibility index (Phi) is 3.08. The molecule has 0 fully saturated rings. The molecule has 0 atom stereocenters. The average Bonchev–Trinajstić information content (AvgIpc) is 2.08. The molecular formula is C8H5Cl2NO3. The van der Waals surface area contributed by atoms with E-state index in [-0.39, 0.29) is 16.3 Å². The molecule has 0 saturated heterocycles. The molecule has 0 unspecified atom stereocenters. The van der Waals surface area contributed by atoms with Gasteiger partial charge in [-0.2, -0.15) is 0 Å². The zero-order valence-electron chi connectivity index (χ0n) is 7.08. The predicted molar refractivity (Wildman–Crippen MR) is 53.0 cm³/mol. The first kappa shape index (κ1) is 10.9. The molecule has 0 saturated carbocycles. The molecule has 0 radical (unpaired) electrons. The van der Waals surface area contributed by atoms with E-state index in [2.05, 4.69) is 0 Å². The second kappa shape index (κ2) is 3.94. The second-order valence-electron chi connectivity index (χ2n) is 2.66. The molecule has 0 aliphatic heterocycles. The summed E-state index contributed by atoms with van der Waals surface area (Å²) in [5.74, 6) is 0. The summed E-state index contributed by atoms with van der Waals surface area (Å²) in [6, 6.07) is 2.34. The molecule has 0 N–H and O–H groups in total. The van der Waals surface area contributed by atoms with Crippen LogP contribution in [0.2, 0.25) is 5.02 Å². The Labute approximate surface area is 89.6 Å². The second-order valence-corrected chi connectivity index (χ2v) is 3.38. The summed E-state index contributed by atoms with van der Waals surface area (Å²) in [6.45, 7) is 1.57. The smallest absolute Gasteiger partial charge is 0.270 e. The van der Waals surface area contributed by atoms with Gasteiger partial charge in [-0.25, -0.2) is 0 Å². The molecule has 0 amide bonds. The van der Waals surface area contributed by atoms with E-state index in [1.807, 2.05) is 0 Å². The van der Waals surface area contributed by atoms with E-state index in [1.54, 1.807) is 6.92 Å². The highest BCUT2D eigenvalue weighted by atomic mass is 35.5.